The normalized spacial score (nSPS) is 20.5. The molecule has 0 amide bonds. The molecule has 124 valence electrons. The van der Waals surface area contributed by atoms with Gasteiger partial charge in [-0.3, -0.25) is 10.4 Å². The molecule has 4 N–H and O–H groups in total. The highest BCUT2D eigenvalue weighted by Crippen LogP contribution is 2.26. The van der Waals surface area contributed by atoms with Gasteiger partial charge in [0, 0.05) is 24.7 Å². The lowest BCUT2D eigenvalue weighted by Crippen LogP contribution is -2.26. The number of aromatic amines is 1. The number of hydrogen-bond acceptors (Lipinski definition) is 5. The predicted octanol–water partition coefficient (Wildman–Crippen LogP) is 2.31. The van der Waals surface area contributed by atoms with E-state index in [1.165, 1.54) is 11.1 Å². The molecule has 1 aromatic heterocycles. The molecule has 2 heterocycles. The van der Waals surface area contributed by atoms with Crippen molar-refractivity contribution in [3.8, 4) is 0 Å². The third-order valence-electron chi connectivity index (χ3n) is 4.48. The lowest BCUT2D eigenvalue weighted by Gasteiger charge is -2.20. The summed E-state index contributed by atoms with van der Waals surface area (Å²) in [5.41, 5.74) is 11.4. The first-order chi connectivity index (χ1) is 11.7. The van der Waals surface area contributed by atoms with E-state index in [2.05, 4.69) is 52.3 Å². The maximum absolute atomic E-state index is 11.2. The number of fused-ring (bicyclic) bond motifs is 1. The number of rotatable bonds is 4. The minimum absolute atomic E-state index is 0.273. The fourth-order valence-electron chi connectivity index (χ4n) is 3.26. The van der Waals surface area contributed by atoms with Crippen molar-refractivity contribution in [3.05, 3.63) is 64.1 Å². The van der Waals surface area contributed by atoms with E-state index < -0.39 is 5.76 Å². The Morgan fingerprint density at radius 2 is 2.17 bits per heavy atom. The van der Waals surface area contributed by atoms with Crippen LogP contribution >= 0.6 is 0 Å². The highest BCUT2D eigenvalue weighted by atomic mass is 16.4. The molecule has 0 saturated carbocycles. The second kappa shape index (κ2) is 6.14. The molecule has 6 heteroatoms. The monoisotopic (exact) mass is 324 g/mol. The quantitative estimate of drug-likeness (QED) is 0.592. The van der Waals surface area contributed by atoms with Crippen molar-refractivity contribution in [2.45, 2.75) is 13.0 Å². The van der Waals surface area contributed by atoms with Gasteiger partial charge in [0.05, 0.1) is 11.6 Å². The van der Waals surface area contributed by atoms with E-state index >= 15 is 0 Å². The Labute approximate surface area is 139 Å². The summed E-state index contributed by atoms with van der Waals surface area (Å²) in [5.74, 6) is -0.00301. The second-order valence-corrected chi connectivity index (χ2v) is 6.28. The van der Waals surface area contributed by atoms with Crippen molar-refractivity contribution in [1.82, 2.24) is 15.8 Å². The van der Waals surface area contributed by atoms with Gasteiger partial charge in [0.25, 0.3) is 0 Å². The number of benzene rings is 2. The van der Waals surface area contributed by atoms with Crippen molar-refractivity contribution < 1.29 is 4.42 Å². The first kappa shape index (κ1) is 15.0. The molecular weight excluding hydrogens is 304 g/mol. The molecule has 2 atom stereocenters. The van der Waals surface area contributed by atoms with Crippen LogP contribution in [0.15, 0.2) is 51.7 Å². The first-order valence-corrected chi connectivity index (χ1v) is 8.11. The van der Waals surface area contributed by atoms with E-state index in [0.29, 0.717) is 17.0 Å². The molecule has 24 heavy (non-hydrogen) atoms. The number of aryl methyl sites for hydroxylation is 1. The topological polar surface area (TPSA) is 82.1 Å². The van der Waals surface area contributed by atoms with Crippen molar-refractivity contribution in [2.24, 2.45) is 5.92 Å². The van der Waals surface area contributed by atoms with Crippen LogP contribution in [-0.4, -0.2) is 18.1 Å². The molecule has 2 unspecified atom stereocenters. The van der Waals surface area contributed by atoms with Crippen LogP contribution in [0.4, 0.5) is 5.69 Å². The Morgan fingerprint density at radius 1 is 1.25 bits per heavy atom. The summed E-state index contributed by atoms with van der Waals surface area (Å²) < 4.78 is 5.03. The highest BCUT2D eigenvalue weighted by molar-refractivity contribution is 5.76. The van der Waals surface area contributed by atoms with E-state index in [9.17, 15) is 4.79 Å². The van der Waals surface area contributed by atoms with Gasteiger partial charge in [0.15, 0.2) is 5.58 Å². The number of nitrogens with one attached hydrogen (secondary N) is 4. The smallest absolute Gasteiger partial charge is 0.408 e. The largest absolute Gasteiger partial charge is 0.417 e. The molecule has 0 radical (unpaired) electrons. The number of hydrogen-bond donors (Lipinski definition) is 4. The summed E-state index contributed by atoms with van der Waals surface area (Å²) >= 11 is 0. The third kappa shape index (κ3) is 2.93. The predicted molar refractivity (Wildman–Crippen MR) is 93.9 cm³/mol. The number of anilines is 1. The van der Waals surface area contributed by atoms with Crippen LogP contribution < -0.4 is 21.9 Å². The standard InChI is InChI=1S/C18H20N4O2/c1-11-3-2-4-12(7-11)17-13(10-20-22-17)9-19-14-5-6-16-15(8-14)21-18(23)24-16/h2-8,13,17,19-20,22H,9-10H2,1H3,(H,21,23). The molecule has 4 rings (SSSR count). The van der Waals surface area contributed by atoms with Gasteiger partial charge in [0.2, 0.25) is 0 Å². The third-order valence-corrected chi connectivity index (χ3v) is 4.48. The average molecular weight is 324 g/mol. The van der Waals surface area contributed by atoms with Gasteiger partial charge in [0.1, 0.15) is 0 Å². The Kier molecular flexibility index (Phi) is 3.84. The van der Waals surface area contributed by atoms with Crippen LogP contribution in [0.1, 0.15) is 17.2 Å². The molecular formula is C18H20N4O2. The molecule has 1 aliphatic heterocycles. The number of oxazole rings is 1. The Bertz CT molecular complexity index is 915. The van der Waals surface area contributed by atoms with Crippen LogP contribution in [0.5, 0.6) is 0 Å². The lowest BCUT2D eigenvalue weighted by atomic mass is 9.94. The summed E-state index contributed by atoms with van der Waals surface area (Å²) in [5, 5.41) is 3.46. The lowest BCUT2D eigenvalue weighted by molar-refractivity contribution is 0.493. The number of aromatic nitrogens is 1. The molecule has 0 aliphatic carbocycles. The highest BCUT2D eigenvalue weighted by Gasteiger charge is 2.27. The minimum Gasteiger partial charge on any atom is -0.408 e. The second-order valence-electron chi connectivity index (χ2n) is 6.28. The Morgan fingerprint density at radius 3 is 3.04 bits per heavy atom. The number of H-pyrrole nitrogens is 1. The fourth-order valence-corrected chi connectivity index (χ4v) is 3.26. The zero-order chi connectivity index (χ0) is 16.5. The van der Waals surface area contributed by atoms with Crippen LogP contribution in [-0.2, 0) is 0 Å². The van der Waals surface area contributed by atoms with Gasteiger partial charge in [-0.2, -0.15) is 0 Å². The van der Waals surface area contributed by atoms with Crippen molar-refractivity contribution >= 4 is 16.8 Å². The molecule has 3 aromatic rings. The average Bonchev–Trinajstić information content (AvgIpc) is 3.17. The zero-order valence-electron chi connectivity index (χ0n) is 13.4. The first-order valence-electron chi connectivity index (χ1n) is 8.11. The van der Waals surface area contributed by atoms with E-state index in [0.717, 1.165) is 18.8 Å². The van der Waals surface area contributed by atoms with Gasteiger partial charge in [-0.1, -0.05) is 29.8 Å². The molecule has 0 spiro atoms. The molecule has 0 bridgehead atoms. The van der Waals surface area contributed by atoms with Crippen LogP contribution in [0.2, 0.25) is 0 Å². The summed E-state index contributed by atoms with van der Waals surface area (Å²) in [6, 6.07) is 14.5. The minimum atomic E-state index is -0.425. The van der Waals surface area contributed by atoms with Gasteiger partial charge in [-0.15, -0.1) is 0 Å². The Hall–Kier alpha value is -2.57. The zero-order valence-corrected chi connectivity index (χ0v) is 13.4. The molecule has 1 fully saturated rings. The summed E-state index contributed by atoms with van der Waals surface area (Å²) in [6.45, 7) is 3.84. The van der Waals surface area contributed by atoms with E-state index in [1.807, 2.05) is 12.1 Å². The summed E-state index contributed by atoms with van der Waals surface area (Å²) in [7, 11) is 0. The van der Waals surface area contributed by atoms with E-state index in [4.69, 9.17) is 4.42 Å². The van der Waals surface area contributed by atoms with Crippen molar-refractivity contribution in [3.63, 3.8) is 0 Å². The van der Waals surface area contributed by atoms with Crippen LogP contribution in [0, 0.1) is 12.8 Å². The van der Waals surface area contributed by atoms with Gasteiger partial charge < -0.3 is 9.73 Å². The van der Waals surface area contributed by atoms with Gasteiger partial charge in [-0.05, 0) is 30.7 Å². The molecule has 1 aliphatic rings. The summed E-state index contributed by atoms with van der Waals surface area (Å²) in [4.78, 5) is 13.9. The van der Waals surface area contributed by atoms with Crippen molar-refractivity contribution in [1.29, 1.82) is 0 Å². The van der Waals surface area contributed by atoms with E-state index in [1.54, 1.807) is 6.07 Å². The van der Waals surface area contributed by atoms with Crippen LogP contribution in [0.3, 0.4) is 0 Å². The molecule has 6 nitrogen and oxygen atoms in total. The van der Waals surface area contributed by atoms with Crippen molar-refractivity contribution in [2.75, 3.05) is 18.4 Å². The SMILES string of the molecule is Cc1cccc(C2NNCC2CNc2ccc3oc(=O)[nH]c3c2)c1. The Balaban J connectivity index is 1.48. The van der Waals surface area contributed by atoms with E-state index in [-0.39, 0.29) is 6.04 Å². The van der Waals surface area contributed by atoms with Gasteiger partial charge in [-0.25, -0.2) is 10.2 Å². The maximum atomic E-state index is 11.2. The number of hydrazine groups is 1. The molecule has 2 aromatic carbocycles. The molecule has 1 saturated heterocycles. The van der Waals surface area contributed by atoms with Crippen LogP contribution in [0.25, 0.3) is 11.1 Å². The summed E-state index contributed by atoms with van der Waals surface area (Å²) in [6.07, 6.45) is 0. The maximum Gasteiger partial charge on any atom is 0.417 e. The van der Waals surface area contributed by atoms with Gasteiger partial charge >= 0.3 is 5.76 Å². The fraction of sp³-hybridized carbons (Fsp3) is 0.278.